The minimum Gasteiger partial charge on any atom is -0.491 e. The maximum absolute atomic E-state index is 12.1. The van der Waals surface area contributed by atoms with E-state index in [0.29, 0.717) is 11.6 Å². The van der Waals surface area contributed by atoms with E-state index in [1.165, 1.54) is 21.9 Å². The van der Waals surface area contributed by atoms with Gasteiger partial charge in [0.2, 0.25) is 0 Å². The fourth-order valence-electron chi connectivity index (χ4n) is 3.54. The molecule has 4 aromatic rings. The first-order valence-corrected chi connectivity index (χ1v) is 10.5. The Morgan fingerprint density at radius 3 is 2.41 bits per heavy atom. The Balaban J connectivity index is 1.38. The summed E-state index contributed by atoms with van der Waals surface area (Å²) in [6.07, 6.45) is 4.07. The van der Waals surface area contributed by atoms with E-state index >= 15 is 0 Å². The third kappa shape index (κ3) is 4.78. The average molecular weight is 431 g/mol. The largest absolute Gasteiger partial charge is 0.491 e. The zero-order chi connectivity index (χ0) is 22.6. The van der Waals surface area contributed by atoms with Crippen molar-refractivity contribution in [2.45, 2.75) is 31.9 Å². The second-order valence-electron chi connectivity index (χ2n) is 8.16. The molecule has 2 aromatic heterocycles. The van der Waals surface area contributed by atoms with Gasteiger partial charge < -0.3 is 9.84 Å². The van der Waals surface area contributed by atoms with E-state index in [4.69, 9.17) is 4.74 Å². The summed E-state index contributed by atoms with van der Waals surface area (Å²) in [7, 11) is 0. The zero-order valence-corrected chi connectivity index (χ0v) is 18.1. The van der Waals surface area contributed by atoms with E-state index in [-0.39, 0.29) is 24.1 Å². The Labute approximate surface area is 186 Å². The number of rotatable bonds is 8. The Morgan fingerprint density at radius 1 is 1.00 bits per heavy atom. The van der Waals surface area contributed by atoms with Crippen molar-refractivity contribution in [3.05, 3.63) is 107 Å². The van der Waals surface area contributed by atoms with Crippen molar-refractivity contribution in [3.8, 4) is 11.6 Å². The highest BCUT2D eigenvalue weighted by molar-refractivity contribution is 5.39. The molecule has 164 valence electrons. The number of ether oxygens (including phenoxy) is 1. The molecule has 0 aliphatic rings. The van der Waals surface area contributed by atoms with Gasteiger partial charge in [0.15, 0.2) is 5.82 Å². The van der Waals surface area contributed by atoms with Gasteiger partial charge in [-0.2, -0.15) is 5.10 Å². The van der Waals surface area contributed by atoms with Gasteiger partial charge in [0.05, 0.1) is 6.54 Å². The lowest BCUT2D eigenvalue weighted by atomic mass is 9.78. The van der Waals surface area contributed by atoms with Crippen LogP contribution in [-0.4, -0.2) is 37.1 Å². The molecule has 7 nitrogen and oxygen atoms in total. The number of nitrogens with zero attached hydrogens (tertiary/aromatic N) is 4. The summed E-state index contributed by atoms with van der Waals surface area (Å²) >= 11 is 0. The van der Waals surface area contributed by atoms with Crippen LogP contribution in [0.4, 0.5) is 0 Å². The molecule has 1 atom stereocenters. The van der Waals surface area contributed by atoms with Gasteiger partial charge in [-0.3, -0.25) is 9.36 Å². The molecule has 0 aliphatic heterocycles. The van der Waals surface area contributed by atoms with E-state index in [2.05, 4.69) is 36.1 Å². The van der Waals surface area contributed by atoms with Crippen LogP contribution in [0, 0.1) is 0 Å². The molecule has 0 spiro atoms. The van der Waals surface area contributed by atoms with Crippen molar-refractivity contribution < 1.29 is 9.84 Å². The van der Waals surface area contributed by atoms with Crippen LogP contribution in [0.1, 0.15) is 25.0 Å². The van der Waals surface area contributed by atoms with Crippen LogP contribution in [0.15, 0.2) is 90.2 Å². The first kappa shape index (κ1) is 21.5. The Bertz CT molecular complexity index is 1200. The first-order valence-electron chi connectivity index (χ1n) is 10.5. The van der Waals surface area contributed by atoms with Crippen LogP contribution in [0.5, 0.6) is 5.75 Å². The van der Waals surface area contributed by atoms with Gasteiger partial charge in [0, 0.05) is 23.9 Å². The van der Waals surface area contributed by atoms with E-state index in [9.17, 15) is 9.90 Å². The number of aliphatic hydroxyl groups is 1. The molecule has 4 rings (SSSR count). The van der Waals surface area contributed by atoms with Gasteiger partial charge in [-0.1, -0.05) is 56.3 Å². The van der Waals surface area contributed by atoms with Gasteiger partial charge in [-0.25, -0.2) is 9.67 Å². The SMILES string of the molecule is CC(C)(c1ccccc1)c1ccc(OC[C@@H](O)Cn2nc(-n3ccnc3)ccc2=O)cc1. The predicted octanol–water partition coefficient (Wildman–Crippen LogP) is 3.19. The molecule has 0 amide bonds. The van der Waals surface area contributed by atoms with Crippen molar-refractivity contribution in [3.63, 3.8) is 0 Å². The summed E-state index contributed by atoms with van der Waals surface area (Å²) in [4.78, 5) is 16.1. The summed E-state index contributed by atoms with van der Waals surface area (Å²) in [5, 5.41) is 14.7. The summed E-state index contributed by atoms with van der Waals surface area (Å²) in [6, 6.07) is 21.3. The fourth-order valence-corrected chi connectivity index (χ4v) is 3.54. The number of imidazole rings is 1. The van der Waals surface area contributed by atoms with Gasteiger partial charge >= 0.3 is 0 Å². The molecule has 7 heteroatoms. The van der Waals surface area contributed by atoms with Gasteiger partial charge in [-0.05, 0) is 29.3 Å². The highest BCUT2D eigenvalue weighted by atomic mass is 16.5. The van der Waals surface area contributed by atoms with Crippen LogP contribution < -0.4 is 10.3 Å². The molecular weight excluding hydrogens is 404 g/mol. The highest BCUT2D eigenvalue weighted by Gasteiger charge is 2.22. The van der Waals surface area contributed by atoms with E-state index in [0.717, 1.165) is 0 Å². The van der Waals surface area contributed by atoms with Crippen molar-refractivity contribution in [2.24, 2.45) is 0 Å². The number of aliphatic hydroxyl groups excluding tert-OH is 1. The fraction of sp³-hybridized carbons (Fsp3) is 0.240. The summed E-state index contributed by atoms with van der Waals surface area (Å²) in [5.41, 5.74) is 1.98. The number of benzene rings is 2. The van der Waals surface area contributed by atoms with Crippen molar-refractivity contribution >= 4 is 0 Å². The van der Waals surface area contributed by atoms with Crippen molar-refractivity contribution in [2.75, 3.05) is 6.61 Å². The minimum absolute atomic E-state index is 0.0283. The normalized spacial score (nSPS) is 12.5. The molecule has 0 saturated heterocycles. The topological polar surface area (TPSA) is 82.2 Å². The molecule has 0 unspecified atom stereocenters. The van der Waals surface area contributed by atoms with E-state index in [1.807, 2.05) is 42.5 Å². The van der Waals surface area contributed by atoms with Crippen molar-refractivity contribution in [1.29, 1.82) is 0 Å². The van der Waals surface area contributed by atoms with Crippen LogP contribution in [0.2, 0.25) is 0 Å². The molecule has 2 aromatic carbocycles. The molecule has 2 heterocycles. The average Bonchev–Trinajstić information content (AvgIpc) is 3.35. The smallest absolute Gasteiger partial charge is 0.266 e. The maximum atomic E-state index is 12.1. The summed E-state index contributed by atoms with van der Waals surface area (Å²) in [6.45, 7) is 4.44. The standard InChI is InChI=1S/C25H26N4O3/c1-25(2,19-6-4-3-5-7-19)20-8-10-22(11-9-20)32-17-21(30)16-29-24(31)13-12-23(27-29)28-15-14-26-18-28/h3-15,18,21,30H,16-17H2,1-2H3/t21-/m0/s1. The minimum atomic E-state index is -0.890. The third-order valence-corrected chi connectivity index (χ3v) is 5.52. The molecule has 0 aliphatic carbocycles. The van der Waals surface area contributed by atoms with Crippen LogP contribution >= 0.6 is 0 Å². The number of hydrogen-bond acceptors (Lipinski definition) is 5. The predicted molar refractivity (Wildman–Crippen MR) is 122 cm³/mol. The van der Waals surface area contributed by atoms with Crippen molar-refractivity contribution in [1.82, 2.24) is 19.3 Å². The molecule has 0 bridgehead atoms. The molecule has 0 fully saturated rings. The zero-order valence-electron chi connectivity index (χ0n) is 18.1. The Morgan fingerprint density at radius 2 is 1.72 bits per heavy atom. The second kappa shape index (κ2) is 9.20. The van der Waals surface area contributed by atoms with Gasteiger partial charge in [0.25, 0.3) is 5.56 Å². The number of aromatic nitrogens is 4. The Hall–Kier alpha value is -3.71. The first-order chi connectivity index (χ1) is 15.4. The maximum Gasteiger partial charge on any atom is 0.266 e. The number of hydrogen-bond donors (Lipinski definition) is 1. The van der Waals surface area contributed by atoms with Crippen LogP contribution in [0.3, 0.4) is 0 Å². The lowest BCUT2D eigenvalue weighted by Gasteiger charge is -2.26. The second-order valence-corrected chi connectivity index (χ2v) is 8.16. The lowest BCUT2D eigenvalue weighted by Crippen LogP contribution is -2.32. The highest BCUT2D eigenvalue weighted by Crippen LogP contribution is 2.32. The van der Waals surface area contributed by atoms with Crippen LogP contribution in [-0.2, 0) is 12.0 Å². The summed E-state index contributed by atoms with van der Waals surface area (Å²) in [5.74, 6) is 1.20. The van der Waals surface area contributed by atoms with Gasteiger partial charge in [-0.15, -0.1) is 0 Å². The quantitative estimate of drug-likeness (QED) is 0.464. The Kier molecular flexibility index (Phi) is 6.18. The molecule has 32 heavy (non-hydrogen) atoms. The molecule has 1 N–H and O–H groups in total. The molecule has 0 radical (unpaired) electrons. The van der Waals surface area contributed by atoms with Gasteiger partial charge in [0.1, 0.15) is 24.8 Å². The van der Waals surface area contributed by atoms with E-state index < -0.39 is 6.10 Å². The molecular formula is C25H26N4O3. The van der Waals surface area contributed by atoms with Crippen LogP contribution in [0.25, 0.3) is 5.82 Å². The lowest BCUT2D eigenvalue weighted by molar-refractivity contribution is 0.0879. The third-order valence-electron chi connectivity index (χ3n) is 5.52. The van der Waals surface area contributed by atoms with E-state index in [1.54, 1.807) is 29.4 Å². The summed E-state index contributed by atoms with van der Waals surface area (Å²) < 4.78 is 8.67. The molecule has 0 saturated carbocycles. The monoisotopic (exact) mass is 430 g/mol.